The van der Waals surface area contributed by atoms with Crippen molar-refractivity contribution in [2.24, 2.45) is 0 Å². The highest BCUT2D eigenvalue weighted by molar-refractivity contribution is 7.71. The Morgan fingerprint density at radius 1 is 0.962 bits per heavy atom. The van der Waals surface area contributed by atoms with Crippen LogP contribution in [0, 0.1) is 4.77 Å². The second-order valence-electron chi connectivity index (χ2n) is 7.06. The summed E-state index contributed by atoms with van der Waals surface area (Å²) in [4.78, 5) is 0. The van der Waals surface area contributed by atoms with Crippen molar-refractivity contribution >= 4 is 12.2 Å². The molecule has 0 fully saturated rings. The fourth-order valence-corrected chi connectivity index (χ4v) is 2.91. The van der Waals surface area contributed by atoms with Crippen LogP contribution in [-0.2, 0) is 11.6 Å². The van der Waals surface area contributed by atoms with Crippen molar-refractivity contribution in [3.8, 4) is 17.1 Å². The molecule has 0 aliphatic carbocycles. The summed E-state index contributed by atoms with van der Waals surface area (Å²) >= 11 is 5.24. The Kier molecular flexibility index (Phi) is 4.52. The molecule has 0 aliphatic heterocycles. The van der Waals surface area contributed by atoms with E-state index in [-0.39, 0.29) is 10.2 Å². The Morgan fingerprint density at radius 3 is 2.19 bits per heavy atom. The van der Waals surface area contributed by atoms with Crippen LogP contribution in [0.4, 0.5) is 13.2 Å². The van der Waals surface area contributed by atoms with Crippen molar-refractivity contribution in [3.05, 3.63) is 64.4 Å². The lowest BCUT2D eigenvalue weighted by molar-refractivity contribution is -0.137. The molecule has 2 aromatic carbocycles. The van der Waals surface area contributed by atoms with Gasteiger partial charge >= 0.3 is 6.18 Å². The summed E-state index contributed by atoms with van der Waals surface area (Å²) in [5, 5.41) is 6.88. The van der Waals surface area contributed by atoms with Gasteiger partial charge < -0.3 is 0 Å². The van der Waals surface area contributed by atoms with E-state index in [0.29, 0.717) is 11.5 Å². The summed E-state index contributed by atoms with van der Waals surface area (Å²) in [5.74, 6) is 0.467. The standard InChI is InChI=1S/C19H18F3N3S/c1-18(2,3)13-9-7-12(8-10-13)16-23-24-17(26)25(16)15-6-4-5-14(11-15)19(20,21)22/h4-11H,1-3H3,(H,24,26). The molecule has 3 aromatic rings. The third-order valence-corrected chi connectivity index (χ3v) is 4.39. The Bertz CT molecular complexity index is 977. The molecule has 0 atom stereocenters. The molecule has 1 N–H and O–H groups in total. The van der Waals surface area contributed by atoms with Crippen LogP contribution in [0.25, 0.3) is 17.1 Å². The molecule has 0 aliphatic rings. The van der Waals surface area contributed by atoms with E-state index in [9.17, 15) is 13.2 Å². The number of aromatic amines is 1. The molecule has 0 saturated carbocycles. The molecular weight excluding hydrogens is 359 g/mol. The van der Waals surface area contributed by atoms with Crippen molar-refractivity contribution in [1.82, 2.24) is 14.8 Å². The van der Waals surface area contributed by atoms with E-state index in [0.717, 1.165) is 23.3 Å². The molecule has 136 valence electrons. The molecular formula is C19H18F3N3S. The van der Waals surface area contributed by atoms with Crippen LogP contribution in [0.1, 0.15) is 31.9 Å². The number of rotatable bonds is 2. The molecule has 3 nitrogen and oxygen atoms in total. The number of benzene rings is 2. The fraction of sp³-hybridized carbons (Fsp3) is 0.263. The van der Waals surface area contributed by atoms with E-state index in [1.807, 2.05) is 24.3 Å². The molecule has 0 unspecified atom stereocenters. The number of halogens is 3. The lowest BCUT2D eigenvalue weighted by Crippen LogP contribution is -2.10. The maximum Gasteiger partial charge on any atom is 0.416 e. The maximum absolute atomic E-state index is 13.0. The van der Waals surface area contributed by atoms with Crippen molar-refractivity contribution in [2.45, 2.75) is 32.4 Å². The van der Waals surface area contributed by atoms with Gasteiger partial charge in [0.1, 0.15) is 0 Å². The lowest BCUT2D eigenvalue weighted by atomic mass is 9.87. The Balaban J connectivity index is 2.10. The number of aromatic nitrogens is 3. The lowest BCUT2D eigenvalue weighted by Gasteiger charge is -2.19. The minimum absolute atomic E-state index is 0.00426. The van der Waals surface area contributed by atoms with Crippen LogP contribution >= 0.6 is 12.2 Å². The third kappa shape index (κ3) is 3.58. The molecule has 7 heteroatoms. The average Bonchev–Trinajstić information content (AvgIpc) is 2.95. The highest BCUT2D eigenvalue weighted by Gasteiger charge is 2.30. The molecule has 0 amide bonds. The first kappa shape index (κ1) is 18.4. The van der Waals surface area contributed by atoms with Gasteiger partial charge in [-0.2, -0.15) is 18.3 Å². The number of alkyl halides is 3. The van der Waals surface area contributed by atoms with E-state index in [4.69, 9.17) is 12.2 Å². The summed E-state index contributed by atoms with van der Waals surface area (Å²) in [6.45, 7) is 6.34. The molecule has 0 radical (unpaired) electrons. The largest absolute Gasteiger partial charge is 0.416 e. The number of nitrogens with one attached hydrogen (secondary N) is 1. The van der Waals surface area contributed by atoms with Crippen LogP contribution in [0.3, 0.4) is 0 Å². The molecule has 1 aromatic heterocycles. The molecule has 0 saturated heterocycles. The topological polar surface area (TPSA) is 33.6 Å². The zero-order valence-corrected chi connectivity index (χ0v) is 15.4. The number of hydrogen-bond acceptors (Lipinski definition) is 2. The molecule has 1 heterocycles. The summed E-state index contributed by atoms with van der Waals surface area (Å²) in [6, 6.07) is 12.8. The Morgan fingerprint density at radius 2 is 1.62 bits per heavy atom. The second-order valence-corrected chi connectivity index (χ2v) is 7.45. The predicted molar refractivity (Wildman–Crippen MR) is 97.9 cm³/mol. The zero-order chi connectivity index (χ0) is 19.1. The molecule has 26 heavy (non-hydrogen) atoms. The van der Waals surface area contributed by atoms with Gasteiger partial charge in [0.05, 0.1) is 11.3 Å². The van der Waals surface area contributed by atoms with Crippen LogP contribution < -0.4 is 0 Å². The SMILES string of the molecule is CC(C)(C)c1ccc(-c2n[nH]c(=S)n2-c2cccc(C(F)(F)F)c2)cc1. The third-order valence-electron chi connectivity index (χ3n) is 4.11. The minimum atomic E-state index is -4.42. The Labute approximate surface area is 154 Å². The van der Waals surface area contributed by atoms with E-state index >= 15 is 0 Å². The van der Waals surface area contributed by atoms with Gasteiger partial charge in [-0.05, 0) is 41.4 Å². The van der Waals surface area contributed by atoms with Crippen molar-refractivity contribution in [3.63, 3.8) is 0 Å². The summed E-state index contributed by atoms with van der Waals surface area (Å²) in [6.07, 6.45) is -4.42. The normalized spacial score (nSPS) is 12.4. The number of nitrogens with zero attached hydrogens (tertiary/aromatic N) is 2. The van der Waals surface area contributed by atoms with Crippen LogP contribution in [0.5, 0.6) is 0 Å². The van der Waals surface area contributed by atoms with Gasteiger partial charge in [0.15, 0.2) is 10.6 Å². The van der Waals surface area contributed by atoms with Crippen molar-refractivity contribution in [1.29, 1.82) is 0 Å². The van der Waals surface area contributed by atoms with Gasteiger partial charge in [-0.25, -0.2) is 0 Å². The maximum atomic E-state index is 13.0. The summed E-state index contributed by atoms with van der Waals surface area (Å²) in [5.41, 5.74) is 1.51. The number of H-pyrrole nitrogens is 1. The molecule has 0 spiro atoms. The predicted octanol–water partition coefficient (Wildman–Crippen LogP) is 5.91. The van der Waals surface area contributed by atoms with Crippen LogP contribution in [0.2, 0.25) is 0 Å². The van der Waals surface area contributed by atoms with Crippen LogP contribution in [-0.4, -0.2) is 14.8 Å². The van der Waals surface area contributed by atoms with E-state index in [1.165, 1.54) is 10.6 Å². The van der Waals surface area contributed by atoms with Crippen molar-refractivity contribution in [2.75, 3.05) is 0 Å². The molecule has 0 bridgehead atoms. The highest BCUT2D eigenvalue weighted by Crippen LogP contribution is 2.32. The average molecular weight is 377 g/mol. The van der Waals surface area contributed by atoms with Gasteiger partial charge in [-0.1, -0.05) is 51.1 Å². The highest BCUT2D eigenvalue weighted by atomic mass is 32.1. The first-order valence-electron chi connectivity index (χ1n) is 8.03. The minimum Gasteiger partial charge on any atom is -0.268 e. The fourth-order valence-electron chi connectivity index (χ4n) is 2.67. The first-order chi connectivity index (χ1) is 12.1. The first-order valence-corrected chi connectivity index (χ1v) is 8.44. The van der Waals surface area contributed by atoms with E-state index in [2.05, 4.69) is 31.0 Å². The quantitative estimate of drug-likeness (QED) is 0.563. The Hall–Kier alpha value is -2.41. The summed E-state index contributed by atoms with van der Waals surface area (Å²) < 4.78 is 40.8. The monoisotopic (exact) mass is 377 g/mol. The number of hydrogen-bond donors (Lipinski definition) is 1. The van der Waals surface area contributed by atoms with E-state index < -0.39 is 11.7 Å². The van der Waals surface area contributed by atoms with Gasteiger partial charge in [-0.3, -0.25) is 9.67 Å². The van der Waals surface area contributed by atoms with Gasteiger partial charge in [0.2, 0.25) is 0 Å². The van der Waals surface area contributed by atoms with Gasteiger partial charge in [-0.15, -0.1) is 0 Å². The smallest absolute Gasteiger partial charge is 0.268 e. The summed E-state index contributed by atoms with van der Waals surface area (Å²) in [7, 11) is 0. The molecule has 3 rings (SSSR count). The second kappa shape index (κ2) is 6.39. The van der Waals surface area contributed by atoms with Crippen LogP contribution in [0.15, 0.2) is 48.5 Å². The van der Waals surface area contributed by atoms with Crippen molar-refractivity contribution < 1.29 is 13.2 Å². The zero-order valence-electron chi connectivity index (χ0n) is 14.6. The van der Waals surface area contributed by atoms with Gasteiger partial charge in [0, 0.05) is 5.56 Å². The van der Waals surface area contributed by atoms with E-state index in [1.54, 1.807) is 6.07 Å². The van der Waals surface area contributed by atoms with Gasteiger partial charge in [0.25, 0.3) is 0 Å².